The van der Waals surface area contributed by atoms with Gasteiger partial charge in [-0.1, -0.05) is 0 Å². The van der Waals surface area contributed by atoms with Crippen molar-refractivity contribution >= 4 is 0 Å². The van der Waals surface area contributed by atoms with Gasteiger partial charge in [0.25, 0.3) is 0 Å². The van der Waals surface area contributed by atoms with E-state index in [0.717, 1.165) is 0 Å². The summed E-state index contributed by atoms with van der Waals surface area (Å²) in [7, 11) is 1.49. The third kappa shape index (κ3) is 5.45. The van der Waals surface area contributed by atoms with Gasteiger partial charge in [-0.25, -0.2) is 0 Å². The Morgan fingerprint density at radius 2 is 1.83 bits per heavy atom. The third-order valence-electron chi connectivity index (χ3n) is 1.29. The van der Waals surface area contributed by atoms with Crippen molar-refractivity contribution in [3.8, 4) is 0 Å². The average Bonchev–Trinajstić information content (AvgIpc) is 2.11. The molecule has 2 atom stereocenters. The summed E-state index contributed by atoms with van der Waals surface area (Å²) in [5.41, 5.74) is 0. The number of aliphatic hydroxyl groups is 3. The summed E-state index contributed by atoms with van der Waals surface area (Å²) in [6, 6.07) is 0. The summed E-state index contributed by atoms with van der Waals surface area (Å²) < 4.78 is 9.73. The topological polar surface area (TPSA) is 79.2 Å². The Labute approximate surface area is 71.5 Å². The maximum absolute atomic E-state index is 8.87. The van der Waals surface area contributed by atoms with Crippen molar-refractivity contribution in [2.45, 2.75) is 12.2 Å². The second-order valence-corrected chi connectivity index (χ2v) is 2.43. The Balaban J connectivity index is 3.43. The lowest BCUT2D eigenvalue weighted by Crippen LogP contribution is -2.29. The van der Waals surface area contributed by atoms with Crippen LogP contribution in [0.25, 0.3) is 0 Å². The molecule has 0 radical (unpaired) electrons. The SMILES string of the molecule is COCC(CO)OCC(O)CO. The molecule has 5 nitrogen and oxygen atoms in total. The van der Waals surface area contributed by atoms with Crippen molar-refractivity contribution in [2.75, 3.05) is 33.5 Å². The molecule has 74 valence electrons. The first-order valence-electron chi connectivity index (χ1n) is 3.74. The molecule has 5 heteroatoms. The Kier molecular flexibility index (Phi) is 7.33. The molecular formula is C7H16O5. The smallest absolute Gasteiger partial charge is 0.104 e. The largest absolute Gasteiger partial charge is 0.394 e. The molecule has 0 aliphatic carbocycles. The minimum Gasteiger partial charge on any atom is -0.394 e. The molecule has 0 amide bonds. The average molecular weight is 180 g/mol. The lowest BCUT2D eigenvalue weighted by molar-refractivity contribution is -0.0698. The van der Waals surface area contributed by atoms with Crippen LogP contribution in [0.1, 0.15) is 0 Å². The Bertz CT molecular complexity index is 97.8. The first-order valence-corrected chi connectivity index (χ1v) is 3.74. The van der Waals surface area contributed by atoms with E-state index >= 15 is 0 Å². The lowest BCUT2D eigenvalue weighted by Gasteiger charge is -2.15. The fraction of sp³-hybridized carbons (Fsp3) is 1.00. The first-order chi connectivity index (χ1) is 5.74. The predicted octanol–water partition coefficient (Wildman–Crippen LogP) is -1.64. The van der Waals surface area contributed by atoms with Gasteiger partial charge in [-0.05, 0) is 0 Å². The highest BCUT2D eigenvalue weighted by atomic mass is 16.5. The second kappa shape index (κ2) is 7.45. The van der Waals surface area contributed by atoms with E-state index in [-0.39, 0.29) is 26.4 Å². The van der Waals surface area contributed by atoms with Crippen LogP contribution in [0.2, 0.25) is 0 Å². The van der Waals surface area contributed by atoms with Crippen LogP contribution in [0, 0.1) is 0 Å². The van der Waals surface area contributed by atoms with Crippen LogP contribution in [0.5, 0.6) is 0 Å². The van der Waals surface area contributed by atoms with Crippen LogP contribution in [-0.2, 0) is 9.47 Å². The van der Waals surface area contributed by atoms with Crippen LogP contribution >= 0.6 is 0 Å². The van der Waals surface area contributed by atoms with Gasteiger partial charge in [0, 0.05) is 7.11 Å². The fourth-order valence-corrected chi connectivity index (χ4v) is 0.639. The maximum Gasteiger partial charge on any atom is 0.104 e. The molecular weight excluding hydrogens is 164 g/mol. The molecule has 0 rings (SSSR count). The molecule has 0 heterocycles. The molecule has 0 spiro atoms. The van der Waals surface area contributed by atoms with Gasteiger partial charge in [0.05, 0.1) is 26.4 Å². The van der Waals surface area contributed by atoms with Gasteiger partial charge in [0.1, 0.15) is 12.2 Å². The summed E-state index contributed by atoms with van der Waals surface area (Å²) in [5, 5.41) is 26.0. The molecule has 3 N–H and O–H groups in total. The van der Waals surface area contributed by atoms with Gasteiger partial charge in [0.15, 0.2) is 0 Å². The van der Waals surface area contributed by atoms with Crippen LogP contribution in [0.15, 0.2) is 0 Å². The Morgan fingerprint density at radius 3 is 2.25 bits per heavy atom. The van der Waals surface area contributed by atoms with Gasteiger partial charge in [-0.3, -0.25) is 0 Å². The van der Waals surface area contributed by atoms with E-state index in [2.05, 4.69) is 0 Å². The molecule has 0 aliphatic heterocycles. The standard InChI is InChI=1S/C7H16O5/c1-11-5-7(3-9)12-4-6(10)2-8/h6-10H,2-5H2,1H3. The zero-order valence-corrected chi connectivity index (χ0v) is 7.14. The molecule has 12 heavy (non-hydrogen) atoms. The zero-order valence-electron chi connectivity index (χ0n) is 7.14. The number of hydrogen-bond acceptors (Lipinski definition) is 5. The molecule has 0 aromatic rings. The summed E-state index contributed by atoms with van der Waals surface area (Å²) in [6.07, 6.45) is -1.33. The van der Waals surface area contributed by atoms with Gasteiger partial charge >= 0.3 is 0 Å². The highest BCUT2D eigenvalue weighted by Crippen LogP contribution is 1.93. The number of aliphatic hydroxyl groups excluding tert-OH is 3. The maximum atomic E-state index is 8.87. The summed E-state index contributed by atoms with van der Waals surface area (Å²) >= 11 is 0. The zero-order chi connectivity index (χ0) is 9.40. The number of rotatable bonds is 7. The number of methoxy groups -OCH3 is 1. The third-order valence-corrected chi connectivity index (χ3v) is 1.29. The monoisotopic (exact) mass is 180 g/mol. The van der Waals surface area contributed by atoms with E-state index in [9.17, 15) is 0 Å². The molecule has 0 aromatic carbocycles. The van der Waals surface area contributed by atoms with E-state index in [1.54, 1.807) is 0 Å². The van der Waals surface area contributed by atoms with Gasteiger partial charge < -0.3 is 24.8 Å². The minimum absolute atomic E-state index is 0.00505. The van der Waals surface area contributed by atoms with Crippen molar-refractivity contribution in [3.63, 3.8) is 0 Å². The quantitative estimate of drug-likeness (QED) is 0.438. The van der Waals surface area contributed by atoms with Crippen LogP contribution in [0.4, 0.5) is 0 Å². The molecule has 0 bridgehead atoms. The van der Waals surface area contributed by atoms with Gasteiger partial charge in [-0.2, -0.15) is 0 Å². The highest BCUT2D eigenvalue weighted by Gasteiger charge is 2.09. The van der Waals surface area contributed by atoms with E-state index in [4.69, 9.17) is 24.8 Å². The van der Waals surface area contributed by atoms with Crippen molar-refractivity contribution in [1.82, 2.24) is 0 Å². The lowest BCUT2D eigenvalue weighted by atomic mass is 10.4. The first kappa shape index (κ1) is 11.8. The predicted molar refractivity (Wildman–Crippen MR) is 41.8 cm³/mol. The number of hydrogen-bond donors (Lipinski definition) is 3. The fourth-order valence-electron chi connectivity index (χ4n) is 0.639. The summed E-state index contributed by atoms with van der Waals surface area (Å²) in [4.78, 5) is 0. The van der Waals surface area contributed by atoms with E-state index < -0.39 is 12.2 Å². The molecule has 0 saturated carbocycles. The molecule has 0 fully saturated rings. The van der Waals surface area contributed by atoms with Crippen molar-refractivity contribution in [1.29, 1.82) is 0 Å². The summed E-state index contributed by atoms with van der Waals surface area (Å²) in [6.45, 7) is -0.225. The molecule has 0 saturated heterocycles. The Hall–Kier alpha value is -0.200. The highest BCUT2D eigenvalue weighted by molar-refractivity contribution is 4.56. The van der Waals surface area contributed by atoms with Gasteiger partial charge in [0.2, 0.25) is 0 Å². The van der Waals surface area contributed by atoms with Crippen molar-refractivity contribution < 1.29 is 24.8 Å². The molecule has 2 unspecified atom stereocenters. The van der Waals surface area contributed by atoms with E-state index in [0.29, 0.717) is 0 Å². The summed E-state index contributed by atoms with van der Waals surface area (Å²) in [5.74, 6) is 0. The van der Waals surface area contributed by atoms with Crippen LogP contribution < -0.4 is 0 Å². The van der Waals surface area contributed by atoms with Gasteiger partial charge in [-0.15, -0.1) is 0 Å². The second-order valence-electron chi connectivity index (χ2n) is 2.43. The Morgan fingerprint density at radius 1 is 1.17 bits per heavy atom. The van der Waals surface area contributed by atoms with E-state index in [1.807, 2.05) is 0 Å². The number of ether oxygens (including phenoxy) is 2. The van der Waals surface area contributed by atoms with Crippen LogP contribution in [0.3, 0.4) is 0 Å². The van der Waals surface area contributed by atoms with Crippen molar-refractivity contribution in [2.24, 2.45) is 0 Å². The molecule has 0 aliphatic rings. The normalized spacial score (nSPS) is 16.0. The molecule has 0 aromatic heterocycles. The van der Waals surface area contributed by atoms with E-state index in [1.165, 1.54) is 7.11 Å². The van der Waals surface area contributed by atoms with Crippen LogP contribution in [-0.4, -0.2) is 61.1 Å². The minimum atomic E-state index is -0.893. The van der Waals surface area contributed by atoms with Crippen molar-refractivity contribution in [3.05, 3.63) is 0 Å².